The molecule has 0 unspecified atom stereocenters. The maximum atomic E-state index is 14.0. The number of amides is 1. The van der Waals surface area contributed by atoms with Gasteiger partial charge in [-0.2, -0.15) is 0 Å². The largest absolute Gasteiger partial charge is 0.342 e. The van der Waals surface area contributed by atoms with Crippen LogP contribution < -0.4 is 5.32 Å². The van der Waals surface area contributed by atoms with Crippen LogP contribution in [0.5, 0.6) is 0 Å². The number of hydrogen-bond donors (Lipinski definition) is 1. The zero-order valence-electron chi connectivity index (χ0n) is 24.8. The van der Waals surface area contributed by atoms with Crippen LogP contribution in [0.15, 0.2) is 85.3 Å². The Bertz CT molecular complexity index is 1970. The van der Waals surface area contributed by atoms with Crippen molar-refractivity contribution in [2.75, 3.05) is 0 Å². The molecule has 0 bridgehead atoms. The van der Waals surface area contributed by atoms with Crippen LogP contribution in [0, 0.1) is 0 Å². The Morgan fingerprint density at radius 1 is 0.884 bits per heavy atom. The fourth-order valence-corrected chi connectivity index (χ4v) is 7.55. The molecule has 6 aromatic rings. The van der Waals surface area contributed by atoms with Crippen LogP contribution in [0.4, 0.5) is 0 Å². The normalized spacial score (nSPS) is 16.6. The first kappa shape index (κ1) is 26.0. The summed E-state index contributed by atoms with van der Waals surface area (Å²) in [4.78, 5) is 23.8. The summed E-state index contributed by atoms with van der Waals surface area (Å²) >= 11 is 0. The van der Waals surface area contributed by atoms with Crippen molar-refractivity contribution in [3.05, 3.63) is 102 Å². The minimum Gasteiger partial charge on any atom is -0.342 e. The fraction of sp³-hybridized carbons (Fsp3) is 0.306. The predicted octanol–water partition coefficient (Wildman–Crippen LogP) is 7.38. The van der Waals surface area contributed by atoms with Crippen molar-refractivity contribution in [3.63, 3.8) is 0 Å². The Hall–Kier alpha value is -4.65. The van der Waals surface area contributed by atoms with Gasteiger partial charge in [-0.25, -0.2) is 4.98 Å². The fourth-order valence-electron chi connectivity index (χ4n) is 7.55. The van der Waals surface area contributed by atoms with E-state index in [1.54, 1.807) is 0 Å². The summed E-state index contributed by atoms with van der Waals surface area (Å²) in [5.41, 5.74) is 7.94. The molecule has 8 rings (SSSR count). The van der Waals surface area contributed by atoms with Crippen molar-refractivity contribution >= 4 is 27.8 Å². The van der Waals surface area contributed by atoms with Gasteiger partial charge in [-0.15, -0.1) is 0 Å². The van der Waals surface area contributed by atoms with E-state index in [0.29, 0.717) is 11.5 Å². The number of rotatable bonds is 6. The summed E-state index contributed by atoms with van der Waals surface area (Å²) in [7, 11) is 4.18. The van der Waals surface area contributed by atoms with E-state index in [9.17, 15) is 4.79 Å². The monoisotopic (exact) mass is 568 g/mol. The molecule has 0 saturated heterocycles. The van der Waals surface area contributed by atoms with Crippen molar-refractivity contribution < 1.29 is 4.79 Å². The summed E-state index contributed by atoms with van der Waals surface area (Å²) in [5, 5.41) is 4.68. The maximum absolute atomic E-state index is 14.0. The third-order valence-electron chi connectivity index (χ3n) is 9.93. The molecule has 0 radical (unpaired) electrons. The third kappa shape index (κ3) is 4.13. The standard InChI is InChI=1S/C36H36N6O/c1-40-30-22-25(13-15-27(30)32(24-10-3-4-11-24)33(40)29-12-5-6-19-37-29)34(43)39-36(17-9-18-36)35-38-28-16-14-26(23-31(28)41(35)2)42-20-7-8-21-42/h5-8,12-16,19-24H,3-4,9-11,17-18H2,1-2H3,(H,39,43). The molecule has 43 heavy (non-hydrogen) atoms. The van der Waals surface area contributed by atoms with Crippen molar-refractivity contribution in [3.8, 4) is 17.1 Å². The Balaban J connectivity index is 1.16. The summed E-state index contributed by atoms with van der Waals surface area (Å²) in [6.07, 6.45) is 13.7. The van der Waals surface area contributed by atoms with E-state index in [2.05, 4.69) is 75.6 Å². The van der Waals surface area contributed by atoms with E-state index in [0.717, 1.165) is 53.0 Å². The molecule has 2 saturated carbocycles. The second-order valence-corrected chi connectivity index (χ2v) is 12.4. The lowest BCUT2D eigenvalue weighted by Crippen LogP contribution is -2.52. The van der Waals surface area contributed by atoms with E-state index in [1.807, 2.05) is 42.9 Å². The Kier molecular flexibility index (Phi) is 6.03. The van der Waals surface area contributed by atoms with E-state index in [4.69, 9.17) is 9.97 Å². The van der Waals surface area contributed by atoms with Gasteiger partial charge in [0.2, 0.25) is 0 Å². The molecule has 1 amide bonds. The van der Waals surface area contributed by atoms with Crippen molar-refractivity contribution in [1.29, 1.82) is 0 Å². The first-order valence-electron chi connectivity index (χ1n) is 15.5. The van der Waals surface area contributed by atoms with Gasteiger partial charge in [-0.05, 0) is 98.2 Å². The average molecular weight is 569 g/mol. The lowest BCUT2D eigenvalue weighted by molar-refractivity contribution is 0.0805. The minimum atomic E-state index is -0.476. The summed E-state index contributed by atoms with van der Waals surface area (Å²) in [6, 6.07) is 22.7. The van der Waals surface area contributed by atoms with Crippen LogP contribution >= 0.6 is 0 Å². The molecule has 4 aromatic heterocycles. The Labute approximate surface area is 251 Å². The number of imidazole rings is 1. The second-order valence-electron chi connectivity index (χ2n) is 12.4. The number of fused-ring (bicyclic) bond motifs is 2. The van der Waals surface area contributed by atoms with Crippen LogP contribution in [0.25, 0.3) is 39.0 Å². The highest BCUT2D eigenvalue weighted by atomic mass is 16.1. The van der Waals surface area contributed by atoms with Gasteiger partial charge in [0.1, 0.15) is 5.82 Å². The first-order valence-corrected chi connectivity index (χ1v) is 15.5. The molecule has 1 N–H and O–H groups in total. The molecule has 7 heteroatoms. The molecule has 2 aromatic carbocycles. The number of hydrogen-bond acceptors (Lipinski definition) is 3. The lowest BCUT2D eigenvalue weighted by atomic mass is 9.75. The highest BCUT2D eigenvalue weighted by Crippen LogP contribution is 2.45. The SMILES string of the molecule is Cn1c(C2(NC(=O)c3ccc4c(C5CCCC5)c(-c5ccccn5)n(C)c4c3)CCC2)nc2ccc(-n3cccc3)cc21. The first-order chi connectivity index (χ1) is 21.0. The number of aromatic nitrogens is 5. The van der Waals surface area contributed by atoms with Crippen molar-refractivity contribution in [2.45, 2.75) is 56.4 Å². The molecule has 0 spiro atoms. The zero-order valence-corrected chi connectivity index (χ0v) is 24.8. The van der Waals surface area contributed by atoms with Gasteiger partial charge in [0.25, 0.3) is 5.91 Å². The van der Waals surface area contributed by atoms with Crippen molar-refractivity contribution in [2.24, 2.45) is 14.1 Å². The smallest absolute Gasteiger partial charge is 0.252 e. The van der Waals surface area contributed by atoms with E-state index >= 15 is 0 Å². The number of carbonyl (C=O) groups excluding carboxylic acids is 1. The molecular formula is C36H36N6O. The van der Waals surface area contributed by atoms with Gasteiger partial charge in [0.05, 0.1) is 28.0 Å². The Morgan fingerprint density at radius 3 is 2.42 bits per heavy atom. The number of carbonyl (C=O) groups is 1. The average Bonchev–Trinajstić information content (AvgIpc) is 3.83. The summed E-state index contributed by atoms with van der Waals surface area (Å²) in [5.74, 6) is 1.39. The van der Waals surface area contributed by atoms with E-state index in [-0.39, 0.29) is 5.91 Å². The van der Waals surface area contributed by atoms with Gasteiger partial charge in [0.15, 0.2) is 0 Å². The lowest BCUT2D eigenvalue weighted by Gasteiger charge is -2.41. The highest BCUT2D eigenvalue weighted by molar-refractivity contribution is 6.01. The molecule has 0 atom stereocenters. The number of pyridine rings is 1. The summed E-state index contributed by atoms with van der Waals surface area (Å²) < 4.78 is 6.51. The van der Waals surface area contributed by atoms with Crippen LogP contribution in [0.1, 0.15) is 72.6 Å². The molecule has 2 aliphatic rings. The van der Waals surface area contributed by atoms with Gasteiger partial charge in [-0.3, -0.25) is 9.78 Å². The molecular weight excluding hydrogens is 532 g/mol. The van der Waals surface area contributed by atoms with Gasteiger partial charge < -0.3 is 19.0 Å². The molecule has 7 nitrogen and oxygen atoms in total. The van der Waals surface area contributed by atoms with Crippen LogP contribution in [0.2, 0.25) is 0 Å². The minimum absolute atomic E-state index is 0.0512. The van der Waals surface area contributed by atoms with E-state index < -0.39 is 5.54 Å². The van der Waals surface area contributed by atoms with E-state index in [1.165, 1.54) is 42.3 Å². The van der Waals surface area contributed by atoms with Crippen LogP contribution in [-0.2, 0) is 19.6 Å². The van der Waals surface area contributed by atoms with Crippen molar-refractivity contribution in [1.82, 2.24) is 29.0 Å². The number of nitrogens with one attached hydrogen (secondary N) is 1. The molecule has 2 aliphatic carbocycles. The van der Waals surface area contributed by atoms with Crippen LogP contribution in [0.3, 0.4) is 0 Å². The third-order valence-corrected chi connectivity index (χ3v) is 9.93. The molecule has 2 fully saturated rings. The topological polar surface area (TPSA) is 69.7 Å². The number of benzene rings is 2. The summed E-state index contributed by atoms with van der Waals surface area (Å²) in [6.45, 7) is 0. The zero-order chi connectivity index (χ0) is 29.1. The van der Waals surface area contributed by atoms with Gasteiger partial charge >= 0.3 is 0 Å². The molecule has 216 valence electrons. The van der Waals surface area contributed by atoms with Gasteiger partial charge in [-0.1, -0.05) is 25.0 Å². The quantitative estimate of drug-likeness (QED) is 0.228. The second kappa shape index (κ2) is 9.97. The molecule has 0 aliphatic heterocycles. The number of aryl methyl sites for hydroxylation is 2. The highest BCUT2D eigenvalue weighted by Gasteiger charge is 2.44. The maximum Gasteiger partial charge on any atom is 0.252 e. The number of nitrogens with zero attached hydrogens (tertiary/aromatic N) is 5. The molecule has 4 heterocycles. The van der Waals surface area contributed by atoms with Crippen LogP contribution in [-0.4, -0.2) is 29.6 Å². The Morgan fingerprint density at radius 2 is 1.70 bits per heavy atom. The van der Waals surface area contributed by atoms with Gasteiger partial charge in [0, 0.05) is 54.8 Å². The predicted molar refractivity (Wildman–Crippen MR) is 170 cm³/mol.